The zero-order chi connectivity index (χ0) is 14.4. The van der Waals surface area contributed by atoms with Gasteiger partial charge in [0.05, 0.1) is 0 Å². The molecule has 0 unspecified atom stereocenters. The zero-order valence-electron chi connectivity index (χ0n) is 11.5. The van der Waals surface area contributed by atoms with Gasteiger partial charge in [-0.3, -0.25) is 9.59 Å². The van der Waals surface area contributed by atoms with Crippen LogP contribution in [0.15, 0.2) is 4.52 Å². The third kappa shape index (κ3) is 3.82. The number of aliphatic carboxylic acids is 1. The first-order valence-electron chi connectivity index (χ1n) is 7.16. The largest absolute Gasteiger partial charge is 0.481 e. The van der Waals surface area contributed by atoms with Crippen molar-refractivity contribution in [2.45, 2.75) is 51.4 Å². The Kier molecular flexibility index (Phi) is 5.15. The molecule has 1 aliphatic rings. The smallest absolute Gasteiger partial charge is 0.303 e. The molecule has 1 heterocycles. The highest BCUT2D eigenvalue weighted by molar-refractivity contribution is 5.93. The molecule has 0 atom stereocenters. The maximum atomic E-state index is 12.0. The molecule has 0 radical (unpaired) electrons. The quantitative estimate of drug-likeness (QED) is 0.613. The fourth-order valence-corrected chi connectivity index (χ4v) is 2.43. The number of fused-ring (bicyclic) bond motifs is 1. The maximum Gasteiger partial charge on any atom is 0.303 e. The van der Waals surface area contributed by atoms with Crippen molar-refractivity contribution in [3.63, 3.8) is 0 Å². The van der Waals surface area contributed by atoms with E-state index in [0.29, 0.717) is 25.1 Å². The average Bonchev–Trinajstić information content (AvgIpc) is 2.67. The summed E-state index contributed by atoms with van der Waals surface area (Å²) in [5, 5.41) is 15.2. The van der Waals surface area contributed by atoms with Crippen LogP contribution in [0, 0.1) is 0 Å². The number of hydrogen-bond donors (Lipinski definition) is 2. The number of nitrogens with one attached hydrogen (secondary N) is 1. The summed E-state index contributed by atoms with van der Waals surface area (Å²) < 4.78 is 5.26. The van der Waals surface area contributed by atoms with Crippen molar-refractivity contribution in [2.75, 3.05) is 6.54 Å². The van der Waals surface area contributed by atoms with Gasteiger partial charge in [-0.1, -0.05) is 11.6 Å². The molecule has 0 bridgehead atoms. The first kappa shape index (κ1) is 14.6. The highest BCUT2D eigenvalue weighted by Gasteiger charge is 2.22. The van der Waals surface area contributed by atoms with Crippen LogP contribution < -0.4 is 5.32 Å². The molecule has 110 valence electrons. The van der Waals surface area contributed by atoms with Crippen LogP contribution in [0.25, 0.3) is 0 Å². The summed E-state index contributed by atoms with van der Waals surface area (Å²) in [6.45, 7) is 0.466. The molecule has 0 aliphatic heterocycles. The van der Waals surface area contributed by atoms with E-state index in [1.807, 2.05) is 0 Å². The molecule has 6 heteroatoms. The minimum Gasteiger partial charge on any atom is -0.481 e. The number of aryl methyl sites for hydroxylation is 1. The molecule has 1 aromatic rings. The Labute approximate surface area is 117 Å². The zero-order valence-corrected chi connectivity index (χ0v) is 11.5. The van der Waals surface area contributed by atoms with Crippen LogP contribution in [0.2, 0.25) is 0 Å². The fraction of sp³-hybridized carbons (Fsp3) is 0.643. The number of carboxylic acids is 1. The van der Waals surface area contributed by atoms with E-state index in [-0.39, 0.29) is 12.3 Å². The molecular weight excluding hydrogens is 260 g/mol. The number of carbonyl (C=O) groups excluding carboxylic acids is 1. The number of carbonyl (C=O) groups is 2. The number of amides is 1. The third-order valence-electron chi connectivity index (χ3n) is 3.52. The van der Waals surface area contributed by atoms with Crippen molar-refractivity contribution < 1.29 is 19.2 Å². The van der Waals surface area contributed by atoms with Crippen LogP contribution in [0.5, 0.6) is 0 Å². The average molecular weight is 280 g/mol. The molecule has 0 fully saturated rings. The summed E-state index contributed by atoms with van der Waals surface area (Å²) >= 11 is 0. The predicted octanol–water partition coefficient (Wildman–Crippen LogP) is 1.93. The van der Waals surface area contributed by atoms with Gasteiger partial charge in [-0.2, -0.15) is 0 Å². The molecule has 20 heavy (non-hydrogen) atoms. The standard InChI is InChI=1S/C14H20N2O4/c17-12(18)8-4-5-9-15-14(19)13-10-6-2-1-3-7-11(10)20-16-13/h1-9H2,(H,15,19)(H,17,18). The Morgan fingerprint density at radius 2 is 2.00 bits per heavy atom. The van der Waals surface area contributed by atoms with E-state index < -0.39 is 5.97 Å². The molecule has 1 aromatic heterocycles. The van der Waals surface area contributed by atoms with E-state index in [9.17, 15) is 9.59 Å². The van der Waals surface area contributed by atoms with Crippen LogP contribution in [0.1, 0.15) is 60.3 Å². The van der Waals surface area contributed by atoms with Crippen molar-refractivity contribution in [1.82, 2.24) is 10.5 Å². The van der Waals surface area contributed by atoms with Crippen molar-refractivity contribution in [2.24, 2.45) is 0 Å². The van der Waals surface area contributed by atoms with Gasteiger partial charge >= 0.3 is 5.97 Å². The first-order valence-corrected chi connectivity index (χ1v) is 7.16. The second kappa shape index (κ2) is 7.07. The van der Waals surface area contributed by atoms with Crippen molar-refractivity contribution in [3.8, 4) is 0 Å². The van der Waals surface area contributed by atoms with Gasteiger partial charge < -0.3 is 14.9 Å². The maximum absolute atomic E-state index is 12.0. The number of nitrogens with zero attached hydrogens (tertiary/aromatic N) is 1. The Morgan fingerprint density at radius 1 is 1.20 bits per heavy atom. The highest BCUT2D eigenvalue weighted by atomic mass is 16.5. The number of hydrogen-bond acceptors (Lipinski definition) is 4. The molecule has 2 N–H and O–H groups in total. The summed E-state index contributed by atoms with van der Waals surface area (Å²) in [7, 11) is 0. The lowest BCUT2D eigenvalue weighted by Crippen LogP contribution is -2.26. The van der Waals surface area contributed by atoms with Gasteiger partial charge in [0.25, 0.3) is 5.91 Å². The van der Waals surface area contributed by atoms with Crippen molar-refractivity contribution in [3.05, 3.63) is 17.0 Å². The van der Waals surface area contributed by atoms with Crippen LogP contribution in [-0.2, 0) is 17.6 Å². The second-order valence-electron chi connectivity index (χ2n) is 5.10. The van der Waals surface area contributed by atoms with Crippen LogP contribution in [-0.4, -0.2) is 28.7 Å². The molecule has 6 nitrogen and oxygen atoms in total. The minimum absolute atomic E-state index is 0.134. The number of carboxylic acid groups (broad SMARTS) is 1. The fourth-order valence-electron chi connectivity index (χ4n) is 2.43. The van der Waals surface area contributed by atoms with Gasteiger partial charge in [-0.05, 0) is 32.1 Å². The van der Waals surface area contributed by atoms with E-state index in [4.69, 9.17) is 9.63 Å². The minimum atomic E-state index is -0.807. The number of unbranched alkanes of at least 4 members (excludes halogenated alkanes) is 1. The Hall–Kier alpha value is -1.85. The van der Waals surface area contributed by atoms with Gasteiger partial charge in [0.2, 0.25) is 0 Å². The van der Waals surface area contributed by atoms with Crippen LogP contribution in [0.3, 0.4) is 0 Å². The topological polar surface area (TPSA) is 92.4 Å². The Morgan fingerprint density at radius 3 is 2.80 bits per heavy atom. The van der Waals surface area contributed by atoms with E-state index in [0.717, 1.165) is 43.4 Å². The van der Waals surface area contributed by atoms with Crippen molar-refractivity contribution in [1.29, 1.82) is 0 Å². The first-order chi connectivity index (χ1) is 9.68. The lowest BCUT2D eigenvalue weighted by molar-refractivity contribution is -0.137. The van der Waals surface area contributed by atoms with E-state index in [1.165, 1.54) is 0 Å². The Balaban J connectivity index is 1.83. The number of aromatic nitrogens is 1. The SMILES string of the molecule is O=C(O)CCCCNC(=O)c1noc2c1CCCCC2. The molecule has 2 rings (SSSR count). The second-order valence-corrected chi connectivity index (χ2v) is 5.10. The third-order valence-corrected chi connectivity index (χ3v) is 3.52. The summed E-state index contributed by atoms with van der Waals surface area (Å²) in [5.41, 5.74) is 1.35. The van der Waals surface area contributed by atoms with Gasteiger partial charge in [0.15, 0.2) is 5.69 Å². The van der Waals surface area contributed by atoms with Gasteiger partial charge in [0.1, 0.15) is 5.76 Å². The lowest BCUT2D eigenvalue weighted by Gasteiger charge is -2.03. The van der Waals surface area contributed by atoms with Gasteiger partial charge in [-0.15, -0.1) is 0 Å². The summed E-state index contributed by atoms with van der Waals surface area (Å²) in [5.74, 6) is -0.177. The van der Waals surface area contributed by atoms with Gasteiger partial charge in [0, 0.05) is 24.9 Å². The van der Waals surface area contributed by atoms with Crippen LogP contribution >= 0.6 is 0 Å². The predicted molar refractivity (Wildman–Crippen MR) is 71.6 cm³/mol. The molecule has 1 aliphatic carbocycles. The molecule has 0 aromatic carbocycles. The monoisotopic (exact) mass is 280 g/mol. The van der Waals surface area contributed by atoms with Crippen molar-refractivity contribution >= 4 is 11.9 Å². The van der Waals surface area contributed by atoms with Gasteiger partial charge in [-0.25, -0.2) is 0 Å². The van der Waals surface area contributed by atoms with E-state index in [1.54, 1.807) is 0 Å². The summed E-state index contributed by atoms with van der Waals surface area (Å²) in [4.78, 5) is 22.4. The summed E-state index contributed by atoms with van der Waals surface area (Å²) in [6, 6.07) is 0. The molecule has 0 spiro atoms. The Bertz CT molecular complexity index is 482. The molecular formula is C14H20N2O4. The number of rotatable bonds is 6. The normalized spacial score (nSPS) is 14.4. The summed E-state index contributed by atoms with van der Waals surface area (Å²) in [6.07, 6.45) is 6.35. The lowest BCUT2D eigenvalue weighted by atomic mass is 10.1. The highest BCUT2D eigenvalue weighted by Crippen LogP contribution is 2.23. The molecule has 1 amide bonds. The molecule has 0 saturated heterocycles. The van der Waals surface area contributed by atoms with Crippen LogP contribution in [0.4, 0.5) is 0 Å². The van der Waals surface area contributed by atoms with E-state index >= 15 is 0 Å². The van der Waals surface area contributed by atoms with E-state index in [2.05, 4.69) is 10.5 Å². The molecule has 0 saturated carbocycles.